The molecule has 7 heteroatoms. The van der Waals surface area contributed by atoms with Gasteiger partial charge in [0.05, 0.1) is 34.2 Å². The van der Waals surface area contributed by atoms with Gasteiger partial charge in [0.1, 0.15) is 0 Å². The molecule has 0 aliphatic carbocycles. The minimum atomic E-state index is -0.331. The Bertz CT molecular complexity index is 1510. The molecule has 0 saturated carbocycles. The van der Waals surface area contributed by atoms with Crippen molar-refractivity contribution in [1.29, 1.82) is 0 Å². The maximum absolute atomic E-state index is 13.3. The van der Waals surface area contributed by atoms with Crippen LogP contribution in [0.5, 0.6) is 0 Å². The Morgan fingerprint density at radius 1 is 0.971 bits per heavy atom. The SMILES string of the molecule is Cc1ccccc1-n1nc(C)c2c(C(=O)N/N=C\c3ccccc3)cc(-c3ccncc3)nc21. The van der Waals surface area contributed by atoms with Crippen LogP contribution in [0.1, 0.15) is 27.2 Å². The summed E-state index contributed by atoms with van der Waals surface area (Å²) in [7, 11) is 0. The Hall–Kier alpha value is -4.65. The normalized spacial score (nSPS) is 11.2. The van der Waals surface area contributed by atoms with E-state index in [1.807, 2.05) is 80.6 Å². The average molecular weight is 447 g/mol. The van der Waals surface area contributed by atoms with Crippen molar-refractivity contribution in [3.8, 4) is 16.9 Å². The smallest absolute Gasteiger partial charge is 0.267 e. The molecular weight excluding hydrogens is 424 g/mol. The number of hydrogen-bond acceptors (Lipinski definition) is 5. The molecule has 0 radical (unpaired) electrons. The molecule has 0 aliphatic rings. The molecule has 0 aliphatic heterocycles. The topological polar surface area (TPSA) is 85.1 Å². The lowest BCUT2D eigenvalue weighted by molar-refractivity contribution is 0.0956. The standard InChI is InChI=1S/C27H22N6O/c1-18-8-6-7-11-24(18)33-26-25(19(2)32-33)22(16-23(30-26)21-12-14-28-15-13-21)27(34)31-29-17-20-9-4-3-5-10-20/h3-17H,1-2H3,(H,31,34)/b29-17-. The van der Waals surface area contributed by atoms with Crippen molar-refractivity contribution >= 4 is 23.2 Å². The van der Waals surface area contributed by atoms with Gasteiger partial charge in [0.25, 0.3) is 5.91 Å². The highest BCUT2D eigenvalue weighted by molar-refractivity contribution is 6.08. The Balaban J connectivity index is 1.65. The lowest BCUT2D eigenvalue weighted by atomic mass is 10.1. The van der Waals surface area contributed by atoms with Crippen LogP contribution in [0.2, 0.25) is 0 Å². The molecule has 0 atom stereocenters. The van der Waals surface area contributed by atoms with Crippen LogP contribution in [0.15, 0.2) is 90.3 Å². The molecule has 2 aromatic carbocycles. The highest BCUT2D eigenvalue weighted by atomic mass is 16.2. The second kappa shape index (κ2) is 9.07. The fourth-order valence-electron chi connectivity index (χ4n) is 3.87. The molecule has 34 heavy (non-hydrogen) atoms. The molecule has 166 valence electrons. The minimum Gasteiger partial charge on any atom is -0.267 e. The number of hydrazone groups is 1. The van der Waals surface area contributed by atoms with Crippen molar-refractivity contribution in [2.75, 3.05) is 0 Å². The number of nitrogens with zero attached hydrogens (tertiary/aromatic N) is 5. The van der Waals surface area contributed by atoms with Crippen molar-refractivity contribution in [2.45, 2.75) is 13.8 Å². The number of nitrogens with one attached hydrogen (secondary N) is 1. The first kappa shape index (κ1) is 21.2. The Morgan fingerprint density at radius 3 is 2.47 bits per heavy atom. The second-order valence-corrected chi connectivity index (χ2v) is 7.88. The van der Waals surface area contributed by atoms with Crippen LogP contribution in [0.3, 0.4) is 0 Å². The van der Waals surface area contributed by atoms with Gasteiger partial charge in [-0.1, -0.05) is 48.5 Å². The van der Waals surface area contributed by atoms with Crippen molar-refractivity contribution in [3.63, 3.8) is 0 Å². The monoisotopic (exact) mass is 446 g/mol. The molecule has 7 nitrogen and oxygen atoms in total. The lowest BCUT2D eigenvalue weighted by Crippen LogP contribution is -2.18. The molecule has 1 amide bonds. The van der Waals surface area contributed by atoms with Crippen molar-refractivity contribution in [2.24, 2.45) is 5.10 Å². The van der Waals surface area contributed by atoms with Gasteiger partial charge in [-0.05, 0) is 49.2 Å². The van der Waals surface area contributed by atoms with Crippen LogP contribution in [0, 0.1) is 13.8 Å². The molecule has 0 saturated heterocycles. The van der Waals surface area contributed by atoms with Gasteiger partial charge in [-0.3, -0.25) is 9.78 Å². The number of aryl methyl sites for hydroxylation is 2. The number of para-hydroxylation sites is 1. The summed E-state index contributed by atoms with van der Waals surface area (Å²) in [6, 6.07) is 23.1. The first-order valence-electron chi connectivity index (χ1n) is 10.9. The van der Waals surface area contributed by atoms with E-state index in [-0.39, 0.29) is 5.91 Å². The van der Waals surface area contributed by atoms with Gasteiger partial charge in [-0.25, -0.2) is 15.1 Å². The first-order chi connectivity index (χ1) is 16.6. The van der Waals surface area contributed by atoms with Gasteiger partial charge in [0, 0.05) is 18.0 Å². The minimum absolute atomic E-state index is 0.331. The van der Waals surface area contributed by atoms with Crippen molar-refractivity contribution in [1.82, 2.24) is 25.2 Å². The predicted octanol–water partition coefficient (Wildman–Crippen LogP) is 4.86. The molecule has 1 N–H and O–H groups in total. The molecule has 0 unspecified atom stereocenters. The Morgan fingerprint density at radius 2 is 1.71 bits per heavy atom. The summed E-state index contributed by atoms with van der Waals surface area (Å²) in [5.41, 5.74) is 8.81. The third-order valence-electron chi connectivity index (χ3n) is 5.56. The van der Waals surface area contributed by atoms with Crippen LogP contribution >= 0.6 is 0 Å². The maximum Gasteiger partial charge on any atom is 0.272 e. The first-order valence-corrected chi connectivity index (χ1v) is 10.9. The van der Waals surface area contributed by atoms with E-state index < -0.39 is 0 Å². The summed E-state index contributed by atoms with van der Waals surface area (Å²) >= 11 is 0. The number of benzene rings is 2. The van der Waals surface area contributed by atoms with Crippen LogP contribution < -0.4 is 5.43 Å². The molecule has 5 rings (SSSR count). The Labute approximate surface area is 196 Å². The molecule has 5 aromatic rings. The summed E-state index contributed by atoms with van der Waals surface area (Å²) < 4.78 is 1.80. The van der Waals surface area contributed by atoms with E-state index in [2.05, 4.69) is 15.5 Å². The lowest BCUT2D eigenvalue weighted by Gasteiger charge is -2.10. The van der Waals surface area contributed by atoms with E-state index in [1.165, 1.54) is 0 Å². The van der Waals surface area contributed by atoms with Gasteiger partial charge in [0.15, 0.2) is 5.65 Å². The number of fused-ring (bicyclic) bond motifs is 1. The molecule has 3 heterocycles. The maximum atomic E-state index is 13.3. The van der Waals surface area contributed by atoms with Crippen LogP contribution in [0.4, 0.5) is 0 Å². The van der Waals surface area contributed by atoms with E-state index in [4.69, 9.17) is 10.1 Å². The van der Waals surface area contributed by atoms with Crippen molar-refractivity contribution in [3.05, 3.63) is 108 Å². The Kier molecular flexibility index (Phi) is 5.66. The fraction of sp³-hybridized carbons (Fsp3) is 0.0741. The number of carbonyl (C=O) groups excluding carboxylic acids is 1. The third kappa shape index (κ3) is 4.06. The zero-order valence-corrected chi connectivity index (χ0v) is 18.8. The van der Waals surface area contributed by atoms with Gasteiger partial charge >= 0.3 is 0 Å². The number of carbonyl (C=O) groups is 1. The summed E-state index contributed by atoms with van der Waals surface area (Å²) in [5.74, 6) is -0.331. The predicted molar refractivity (Wildman–Crippen MR) is 133 cm³/mol. The number of aromatic nitrogens is 4. The van der Waals surface area contributed by atoms with Crippen LogP contribution in [-0.2, 0) is 0 Å². The van der Waals surface area contributed by atoms with Gasteiger partial charge in [-0.2, -0.15) is 10.2 Å². The molecular formula is C27H22N6O. The van der Waals surface area contributed by atoms with Crippen molar-refractivity contribution < 1.29 is 4.79 Å². The highest BCUT2D eigenvalue weighted by Crippen LogP contribution is 2.29. The highest BCUT2D eigenvalue weighted by Gasteiger charge is 2.21. The van der Waals surface area contributed by atoms with E-state index in [9.17, 15) is 4.79 Å². The number of amides is 1. The zero-order chi connectivity index (χ0) is 23.5. The summed E-state index contributed by atoms with van der Waals surface area (Å²) in [4.78, 5) is 22.3. The second-order valence-electron chi connectivity index (χ2n) is 7.88. The summed E-state index contributed by atoms with van der Waals surface area (Å²) in [6.07, 6.45) is 5.02. The van der Waals surface area contributed by atoms with Gasteiger partial charge in [-0.15, -0.1) is 0 Å². The largest absolute Gasteiger partial charge is 0.272 e. The van der Waals surface area contributed by atoms with E-state index in [1.54, 1.807) is 29.4 Å². The van der Waals surface area contributed by atoms with Gasteiger partial charge < -0.3 is 0 Å². The molecule has 0 bridgehead atoms. The third-order valence-corrected chi connectivity index (χ3v) is 5.56. The summed E-state index contributed by atoms with van der Waals surface area (Å²) in [5, 5.41) is 9.59. The van der Waals surface area contributed by atoms with Gasteiger partial charge in [0.2, 0.25) is 0 Å². The summed E-state index contributed by atoms with van der Waals surface area (Å²) in [6.45, 7) is 3.91. The van der Waals surface area contributed by atoms with Crippen LogP contribution in [-0.4, -0.2) is 31.9 Å². The molecule has 0 spiro atoms. The van der Waals surface area contributed by atoms with E-state index in [0.29, 0.717) is 28.0 Å². The van der Waals surface area contributed by atoms with E-state index >= 15 is 0 Å². The zero-order valence-electron chi connectivity index (χ0n) is 18.8. The molecule has 0 fully saturated rings. The molecule has 3 aromatic heterocycles. The number of hydrogen-bond donors (Lipinski definition) is 1. The average Bonchev–Trinajstić information content (AvgIpc) is 3.21. The van der Waals surface area contributed by atoms with E-state index in [0.717, 1.165) is 22.4 Å². The quantitative estimate of drug-likeness (QED) is 0.309. The number of pyridine rings is 2. The van der Waals surface area contributed by atoms with Crippen LogP contribution in [0.25, 0.3) is 28.0 Å². The number of rotatable bonds is 5. The fourth-order valence-corrected chi connectivity index (χ4v) is 3.87.